The number of nitrogens with zero attached hydrogens (tertiary/aromatic N) is 6. The molecule has 2 heterocycles. The van der Waals surface area contributed by atoms with Crippen LogP contribution in [-0.4, -0.2) is 69.8 Å². The van der Waals surface area contributed by atoms with Crippen LogP contribution in [0, 0.1) is 6.92 Å². The predicted octanol–water partition coefficient (Wildman–Crippen LogP) is 2.09. The SMILES string of the molecule is C=CCNC(=NCc1nnc(C)n1C)N1CCN(C/C=C/c2ccccc2)CC1. The minimum atomic E-state index is 0.511. The van der Waals surface area contributed by atoms with Crippen LogP contribution in [0.15, 0.2) is 54.1 Å². The Morgan fingerprint density at radius 3 is 2.59 bits per heavy atom. The molecule has 0 amide bonds. The number of nitrogens with one attached hydrogen (secondary N) is 1. The van der Waals surface area contributed by atoms with Crippen molar-refractivity contribution >= 4 is 12.0 Å². The van der Waals surface area contributed by atoms with Gasteiger partial charge < -0.3 is 14.8 Å². The van der Waals surface area contributed by atoms with E-state index in [1.54, 1.807) is 0 Å². The second kappa shape index (κ2) is 10.6. The Labute approximate surface area is 173 Å². The van der Waals surface area contributed by atoms with E-state index in [2.05, 4.69) is 68.3 Å². The third-order valence-electron chi connectivity index (χ3n) is 5.10. The molecule has 0 unspecified atom stereocenters. The van der Waals surface area contributed by atoms with Crippen LogP contribution in [0.2, 0.25) is 0 Å². The summed E-state index contributed by atoms with van der Waals surface area (Å²) in [5, 5.41) is 11.7. The van der Waals surface area contributed by atoms with Crippen LogP contribution in [0.25, 0.3) is 6.08 Å². The lowest BCUT2D eigenvalue weighted by molar-refractivity contribution is 0.194. The zero-order valence-corrected chi connectivity index (χ0v) is 17.5. The van der Waals surface area contributed by atoms with Crippen LogP contribution >= 0.6 is 0 Å². The molecule has 0 saturated carbocycles. The van der Waals surface area contributed by atoms with E-state index in [1.165, 1.54) is 5.56 Å². The average Bonchev–Trinajstić information content (AvgIpc) is 3.07. The maximum Gasteiger partial charge on any atom is 0.194 e. The summed E-state index contributed by atoms with van der Waals surface area (Å²) in [5.74, 6) is 2.67. The molecule has 0 atom stereocenters. The molecule has 1 saturated heterocycles. The zero-order chi connectivity index (χ0) is 20.5. The Kier molecular flexibility index (Phi) is 7.58. The Hall–Kier alpha value is -2.93. The lowest BCUT2D eigenvalue weighted by Gasteiger charge is -2.36. The average molecular weight is 394 g/mol. The first-order valence-corrected chi connectivity index (χ1v) is 10.1. The van der Waals surface area contributed by atoms with Crippen LogP contribution < -0.4 is 5.32 Å². The van der Waals surface area contributed by atoms with Gasteiger partial charge in [0.05, 0.1) is 0 Å². The zero-order valence-electron chi connectivity index (χ0n) is 17.5. The summed E-state index contributed by atoms with van der Waals surface area (Å²) in [6, 6.07) is 10.4. The molecule has 1 aliphatic rings. The van der Waals surface area contributed by atoms with E-state index in [1.807, 2.05) is 30.7 Å². The molecule has 7 nitrogen and oxygen atoms in total. The number of guanidine groups is 1. The minimum absolute atomic E-state index is 0.511. The largest absolute Gasteiger partial charge is 0.353 e. The van der Waals surface area contributed by atoms with E-state index in [0.717, 1.165) is 50.3 Å². The second-order valence-electron chi connectivity index (χ2n) is 7.13. The van der Waals surface area contributed by atoms with Gasteiger partial charge in [-0.25, -0.2) is 4.99 Å². The summed E-state index contributed by atoms with van der Waals surface area (Å²) in [6.07, 6.45) is 6.28. The van der Waals surface area contributed by atoms with Crippen molar-refractivity contribution in [2.45, 2.75) is 13.5 Å². The molecule has 7 heteroatoms. The highest BCUT2D eigenvalue weighted by Gasteiger charge is 2.19. The van der Waals surface area contributed by atoms with Crippen molar-refractivity contribution in [1.29, 1.82) is 0 Å². The molecule has 0 radical (unpaired) electrons. The quantitative estimate of drug-likeness (QED) is 0.443. The van der Waals surface area contributed by atoms with E-state index in [0.29, 0.717) is 13.1 Å². The first-order chi connectivity index (χ1) is 14.2. The van der Waals surface area contributed by atoms with Crippen LogP contribution in [0.3, 0.4) is 0 Å². The van der Waals surface area contributed by atoms with Gasteiger partial charge in [0.2, 0.25) is 0 Å². The van der Waals surface area contributed by atoms with E-state index in [-0.39, 0.29) is 0 Å². The predicted molar refractivity (Wildman–Crippen MR) is 119 cm³/mol. The number of hydrogen-bond acceptors (Lipinski definition) is 4. The molecule has 154 valence electrons. The summed E-state index contributed by atoms with van der Waals surface area (Å²) in [7, 11) is 1.97. The fourth-order valence-corrected chi connectivity index (χ4v) is 3.21. The minimum Gasteiger partial charge on any atom is -0.353 e. The van der Waals surface area contributed by atoms with Gasteiger partial charge in [-0.15, -0.1) is 16.8 Å². The number of hydrogen-bond donors (Lipinski definition) is 1. The van der Waals surface area contributed by atoms with Crippen LogP contribution in [0.4, 0.5) is 0 Å². The van der Waals surface area contributed by atoms with Crippen molar-refractivity contribution in [2.24, 2.45) is 12.0 Å². The molecule has 1 aromatic carbocycles. The Balaban J connectivity index is 1.53. The normalized spacial score (nSPS) is 15.8. The molecule has 0 spiro atoms. The Morgan fingerprint density at radius 1 is 1.17 bits per heavy atom. The van der Waals surface area contributed by atoms with Gasteiger partial charge >= 0.3 is 0 Å². The highest BCUT2D eigenvalue weighted by atomic mass is 15.4. The van der Waals surface area contributed by atoms with E-state index < -0.39 is 0 Å². The number of piperazine rings is 1. The number of aliphatic imine (C=N–C) groups is 1. The fourth-order valence-electron chi connectivity index (χ4n) is 3.21. The highest BCUT2D eigenvalue weighted by Crippen LogP contribution is 2.06. The molecule has 3 rings (SSSR count). The molecular formula is C22H31N7. The number of aromatic nitrogens is 3. The van der Waals surface area contributed by atoms with Crippen molar-refractivity contribution < 1.29 is 0 Å². The second-order valence-corrected chi connectivity index (χ2v) is 7.13. The van der Waals surface area contributed by atoms with Crippen LogP contribution in [0.1, 0.15) is 17.2 Å². The number of aryl methyl sites for hydroxylation is 1. The molecule has 0 aliphatic carbocycles. The molecule has 29 heavy (non-hydrogen) atoms. The van der Waals surface area contributed by atoms with Gasteiger partial charge in [0, 0.05) is 46.3 Å². The summed E-state index contributed by atoms with van der Waals surface area (Å²) in [4.78, 5) is 9.56. The van der Waals surface area contributed by atoms with Gasteiger partial charge in [0.15, 0.2) is 11.8 Å². The van der Waals surface area contributed by atoms with Gasteiger partial charge in [-0.1, -0.05) is 48.6 Å². The molecule has 1 aromatic heterocycles. The van der Waals surface area contributed by atoms with Crippen molar-refractivity contribution in [3.8, 4) is 0 Å². The van der Waals surface area contributed by atoms with Crippen LogP contribution in [-0.2, 0) is 13.6 Å². The first-order valence-electron chi connectivity index (χ1n) is 10.1. The molecule has 1 fully saturated rings. The summed E-state index contributed by atoms with van der Waals surface area (Å²) < 4.78 is 1.98. The monoisotopic (exact) mass is 393 g/mol. The van der Waals surface area contributed by atoms with Gasteiger partial charge in [-0.3, -0.25) is 4.90 Å². The van der Waals surface area contributed by atoms with Crippen molar-refractivity contribution in [3.05, 3.63) is 66.3 Å². The number of rotatable bonds is 7. The smallest absolute Gasteiger partial charge is 0.194 e. The lowest BCUT2D eigenvalue weighted by Crippen LogP contribution is -2.52. The summed E-state index contributed by atoms with van der Waals surface area (Å²) >= 11 is 0. The van der Waals surface area contributed by atoms with E-state index >= 15 is 0 Å². The van der Waals surface area contributed by atoms with Gasteiger partial charge in [0.25, 0.3) is 0 Å². The first kappa shape index (κ1) is 20.8. The van der Waals surface area contributed by atoms with Crippen LogP contribution in [0.5, 0.6) is 0 Å². The molecule has 1 N–H and O–H groups in total. The Bertz CT molecular complexity index is 830. The fraction of sp³-hybridized carbons (Fsp3) is 0.409. The third kappa shape index (κ3) is 6.02. The summed E-state index contributed by atoms with van der Waals surface area (Å²) in [5.41, 5.74) is 1.24. The van der Waals surface area contributed by atoms with Crippen molar-refractivity contribution in [2.75, 3.05) is 39.3 Å². The van der Waals surface area contributed by atoms with Crippen molar-refractivity contribution in [3.63, 3.8) is 0 Å². The number of benzene rings is 1. The van der Waals surface area contributed by atoms with Gasteiger partial charge in [-0.2, -0.15) is 0 Å². The van der Waals surface area contributed by atoms with Gasteiger partial charge in [0.1, 0.15) is 12.4 Å². The molecular weight excluding hydrogens is 362 g/mol. The maximum absolute atomic E-state index is 4.78. The topological polar surface area (TPSA) is 61.6 Å². The van der Waals surface area contributed by atoms with Gasteiger partial charge in [-0.05, 0) is 12.5 Å². The molecule has 2 aromatic rings. The van der Waals surface area contributed by atoms with Crippen molar-refractivity contribution in [1.82, 2.24) is 29.9 Å². The molecule has 0 bridgehead atoms. The molecule has 1 aliphatic heterocycles. The highest BCUT2D eigenvalue weighted by molar-refractivity contribution is 5.80. The standard InChI is InChI=1S/C22H31N7/c1-4-12-23-22(24-18-21-26-25-19(2)27(21)3)29-16-14-28(15-17-29)13-8-11-20-9-6-5-7-10-20/h4-11H,1,12-18H2,2-3H3,(H,23,24)/b11-8+. The van der Waals surface area contributed by atoms with E-state index in [4.69, 9.17) is 4.99 Å². The third-order valence-corrected chi connectivity index (χ3v) is 5.10. The summed E-state index contributed by atoms with van der Waals surface area (Å²) in [6.45, 7) is 11.8. The van der Waals surface area contributed by atoms with E-state index in [9.17, 15) is 0 Å². The maximum atomic E-state index is 4.78. The lowest BCUT2D eigenvalue weighted by atomic mass is 10.2. The Morgan fingerprint density at radius 2 is 1.93 bits per heavy atom.